The van der Waals surface area contributed by atoms with Gasteiger partial charge in [0, 0.05) is 17.7 Å². The van der Waals surface area contributed by atoms with E-state index in [0.29, 0.717) is 42.8 Å². The maximum absolute atomic E-state index is 12.8. The zero-order valence-corrected chi connectivity index (χ0v) is 25.4. The molecule has 0 saturated carbocycles. The summed E-state index contributed by atoms with van der Waals surface area (Å²) in [6.07, 6.45) is 4.41. The second-order valence-corrected chi connectivity index (χ2v) is 11.5. The maximum atomic E-state index is 12.8. The van der Waals surface area contributed by atoms with Crippen LogP contribution in [0, 0.1) is 12.8 Å². The van der Waals surface area contributed by atoms with E-state index >= 15 is 0 Å². The Hall–Kier alpha value is -3.69. The average molecular weight is 576 g/mol. The van der Waals surface area contributed by atoms with Crippen LogP contribution >= 0.6 is 0 Å². The molecule has 2 aromatic carbocycles. The topological polar surface area (TPSA) is 114 Å². The van der Waals surface area contributed by atoms with Crippen LogP contribution in [0.15, 0.2) is 48.5 Å². The summed E-state index contributed by atoms with van der Waals surface area (Å²) < 4.78 is 12.0. The lowest BCUT2D eigenvalue weighted by Crippen LogP contribution is -2.32. The van der Waals surface area contributed by atoms with Gasteiger partial charge < -0.3 is 20.1 Å². The first-order chi connectivity index (χ1) is 20.2. The summed E-state index contributed by atoms with van der Waals surface area (Å²) in [5.41, 5.74) is 10.2. The largest absolute Gasteiger partial charge is 0.489 e. The van der Waals surface area contributed by atoms with Crippen molar-refractivity contribution in [1.82, 2.24) is 14.9 Å². The molecular formula is C33H45N5O4. The van der Waals surface area contributed by atoms with Gasteiger partial charge in [0.2, 0.25) is 5.95 Å². The quantitative estimate of drug-likeness (QED) is 0.206. The highest BCUT2D eigenvalue weighted by Crippen LogP contribution is 2.31. The van der Waals surface area contributed by atoms with Crippen molar-refractivity contribution >= 4 is 17.7 Å². The minimum atomic E-state index is -0.235. The number of esters is 1. The van der Waals surface area contributed by atoms with Crippen molar-refractivity contribution in [3.63, 3.8) is 0 Å². The zero-order chi connectivity index (χ0) is 30.1. The van der Waals surface area contributed by atoms with Crippen LogP contribution in [-0.4, -0.2) is 58.8 Å². The molecule has 0 aliphatic carbocycles. The van der Waals surface area contributed by atoms with Crippen molar-refractivity contribution in [3.8, 4) is 5.75 Å². The molecule has 1 unspecified atom stereocenters. The zero-order valence-electron chi connectivity index (χ0n) is 25.4. The number of nitrogens with two attached hydrogens (primary N) is 1. The number of rotatable bonds is 13. The Morgan fingerprint density at radius 1 is 1.14 bits per heavy atom. The van der Waals surface area contributed by atoms with E-state index in [1.165, 1.54) is 5.06 Å². The molecule has 9 heteroatoms. The minimum Gasteiger partial charge on any atom is -0.489 e. The number of hydroxylamine groups is 1. The van der Waals surface area contributed by atoms with Gasteiger partial charge in [-0.05, 0) is 81.9 Å². The summed E-state index contributed by atoms with van der Waals surface area (Å²) in [4.78, 5) is 23.9. The van der Waals surface area contributed by atoms with Gasteiger partial charge in [0.15, 0.2) is 5.82 Å². The molecule has 0 radical (unpaired) electrons. The van der Waals surface area contributed by atoms with Gasteiger partial charge in [-0.1, -0.05) is 55.8 Å². The van der Waals surface area contributed by atoms with Gasteiger partial charge >= 0.3 is 5.97 Å². The number of hydrogen-bond donors (Lipinski definition) is 2. The molecule has 0 spiro atoms. The van der Waals surface area contributed by atoms with E-state index in [2.05, 4.69) is 28.8 Å². The van der Waals surface area contributed by atoms with E-state index in [-0.39, 0.29) is 24.4 Å². The van der Waals surface area contributed by atoms with Crippen LogP contribution in [0.1, 0.15) is 67.5 Å². The van der Waals surface area contributed by atoms with Crippen LogP contribution < -0.4 is 15.5 Å². The highest BCUT2D eigenvalue weighted by Gasteiger charge is 2.22. The molecule has 4 rings (SSSR count). The van der Waals surface area contributed by atoms with Gasteiger partial charge in [-0.15, -0.1) is 0 Å². The Morgan fingerprint density at radius 3 is 2.60 bits per heavy atom. The lowest BCUT2D eigenvalue weighted by molar-refractivity contribution is -0.144. The number of carbonyl (C=O) groups excluding carboxylic acids is 1. The lowest BCUT2D eigenvalue weighted by Gasteiger charge is -2.28. The Labute approximate surface area is 249 Å². The monoisotopic (exact) mass is 575 g/mol. The number of likely N-dealkylation sites (tertiary alicyclic amines) is 1. The SMILES string of the molecule is CCCC(C)N(O)c1nc(N)nc(C)c1Cc1ccc(CC(=O)OCC2CCN(C)CC2)cc1OCc1ccccc1. The highest BCUT2D eigenvalue weighted by atomic mass is 16.5. The molecule has 3 N–H and O–H groups in total. The van der Waals surface area contributed by atoms with Gasteiger partial charge in [-0.3, -0.25) is 10.0 Å². The standard InChI is InChI=1S/C33H45N5O4/c1-5-9-23(2)38(40)32-29(24(3)35-33(34)36-32)20-28-13-12-27(18-30(28)41-21-25-10-7-6-8-11-25)19-31(39)42-22-26-14-16-37(4)17-15-26/h6-8,10-13,18,23,26,40H,5,9,14-17,19-22H2,1-4H3,(H2,34,35,36). The van der Waals surface area contributed by atoms with Crippen LogP contribution in [0.2, 0.25) is 0 Å². The summed E-state index contributed by atoms with van der Waals surface area (Å²) in [5.74, 6) is 1.36. The molecule has 1 aliphatic rings. The highest BCUT2D eigenvalue weighted by molar-refractivity contribution is 5.73. The van der Waals surface area contributed by atoms with E-state index in [9.17, 15) is 10.0 Å². The summed E-state index contributed by atoms with van der Waals surface area (Å²) in [6, 6.07) is 15.6. The molecule has 1 saturated heterocycles. The lowest BCUT2D eigenvalue weighted by atomic mass is 9.98. The first-order valence-corrected chi connectivity index (χ1v) is 15.0. The smallest absolute Gasteiger partial charge is 0.310 e. The van der Waals surface area contributed by atoms with E-state index in [0.717, 1.165) is 61.0 Å². The van der Waals surface area contributed by atoms with Gasteiger partial charge in [0.05, 0.1) is 19.1 Å². The Bertz CT molecular complexity index is 1310. The fraction of sp³-hybridized carbons (Fsp3) is 0.485. The maximum Gasteiger partial charge on any atom is 0.310 e. The van der Waals surface area contributed by atoms with E-state index < -0.39 is 0 Å². The van der Waals surface area contributed by atoms with Crippen LogP contribution in [0.3, 0.4) is 0 Å². The Morgan fingerprint density at radius 2 is 1.88 bits per heavy atom. The third-order valence-electron chi connectivity index (χ3n) is 7.95. The van der Waals surface area contributed by atoms with Crippen molar-refractivity contribution in [2.24, 2.45) is 5.92 Å². The summed E-state index contributed by atoms with van der Waals surface area (Å²) in [5, 5.41) is 12.3. The van der Waals surface area contributed by atoms with Crippen LogP contribution in [0.4, 0.5) is 11.8 Å². The number of anilines is 2. The molecule has 42 heavy (non-hydrogen) atoms. The second-order valence-electron chi connectivity index (χ2n) is 11.5. The first kappa shape index (κ1) is 31.3. The van der Waals surface area contributed by atoms with Gasteiger partial charge in [-0.2, -0.15) is 4.98 Å². The Kier molecular flexibility index (Phi) is 11.1. The van der Waals surface area contributed by atoms with Crippen molar-refractivity contribution in [3.05, 3.63) is 76.5 Å². The fourth-order valence-corrected chi connectivity index (χ4v) is 5.32. The minimum absolute atomic E-state index is 0.114. The number of ether oxygens (including phenoxy) is 2. The van der Waals surface area contributed by atoms with E-state index in [4.69, 9.17) is 15.2 Å². The third kappa shape index (κ3) is 8.66. The molecule has 1 aliphatic heterocycles. The molecule has 0 amide bonds. The molecule has 2 heterocycles. The number of hydrogen-bond acceptors (Lipinski definition) is 9. The van der Waals surface area contributed by atoms with Crippen molar-refractivity contribution in [2.75, 3.05) is 37.5 Å². The van der Waals surface area contributed by atoms with Gasteiger partial charge in [0.25, 0.3) is 0 Å². The van der Waals surface area contributed by atoms with E-state index in [1.807, 2.05) is 62.4 Å². The normalized spacial score (nSPS) is 14.9. The Balaban J connectivity index is 1.55. The van der Waals surface area contributed by atoms with Crippen LogP contribution in [0.5, 0.6) is 5.75 Å². The number of aromatic nitrogens is 2. The number of carbonyl (C=O) groups is 1. The molecule has 1 fully saturated rings. The van der Waals surface area contributed by atoms with Gasteiger partial charge in [0.1, 0.15) is 12.4 Å². The summed E-state index contributed by atoms with van der Waals surface area (Å²) in [6.45, 7) is 8.82. The van der Waals surface area contributed by atoms with Crippen LogP contribution in [0.25, 0.3) is 0 Å². The van der Waals surface area contributed by atoms with Crippen molar-refractivity contribution < 1.29 is 19.5 Å². The molecule has 9 nitrogen and oxygen atoms in total. The molecular weight excluding hydrogens is 530 g/mol. The van der Waals surface area contributed by atoms with Crippen molar-refractivity contribution in [2.45, 2.75) is 71.9 Å². The predicted octanol–water partition coefficient (Wildman–Crippen LogP) is 5.35. The predicted molar refractivity (Wildman–Crippen MR) is 165 cm³/mol. The van der Waals surface area contributed by atoms with Crippen LogP contribution in [-0.2, 0) is 29.0 Å². The molecule has 226 valence electrons. The number of benzene rings is 2. The third-order valence-corrected chi connectivity index (χ3v) is 7.95. The molecule has 1 aromatic heterocycles. The average Bonchev–Trinajstić information content (AvgIpc) is 2.98. The number of nitrogens with zero attached hydrogens (tertiary/aromatic N) is 4. The number of nitrogen functional groups attached to an aromatic ring is 1. The van der Waals surface area contributed by atoms with Crippen molar-refractivity contribution in [1.29, 1.82) is 0 Å². The first-order valence-electron chi connectivity index (χ1n) is 15.0. The molecule has 1 atom stereocenters. The molecule has 0 bridgehead atoms. The van der Waals surface area contributed by atoms with Gasteiger partial charge in [-0.25, -0.2) is 10.0 Å². The fourth-order valence-electron chi connectivity index (χ4n) is 5.32. The molecule has 3 aromatic rings. The summed E-state index contributed by atoms with van der Waals surface area (Å²) >= 11 is 0. The number of piperidine rings is 1. The second kappa shape index (κ2) is 15.0. The number of aryl methyl sites for hydroxylation is 1. The van der Waals surface area contributed by atoms with E-state index in [1.54, 1.807) is 0 Å². The summed E-state index contributed by atoms with van der Waals surface area (Å²) in [7, 11) is 2.12.